The Morgan fingerprint density at radius 3 is 2.54 bits per heavy atom. The Hall–Kier alpha value is -2.21. The molecule has 0 atom stereocenters. The summed E-state index contributed by atoms with van der Waals surface area (Å²) in [6.45, 7) is 4.27. The van der Waals surface area contributed by atoms with E-state index in [4.69, 9.17) is 16.3 Å². The molecule has 140 valence electrons. The Balaban J connectivity index is 1.84. The molecule has 1 amide bonds. The first kappa shape index (κ1) is 20.1. The molecule has 0 saturated carbocycles. The summed E-state index contributed by atoms with van der Waals surface area (Å²) in [7, 11) is 0. The number of alkyl halides is 3. The maximum Gasteiger partial charge on any atom is 0.417 e. The maximum atomic E-state index is 12.8. The van der Waals surface area contributed by atoms with Crippen LogP contribution in [-0.2, 0) is 11.0 Å². The van der Waals surface area contributed by atoms with Crippen molar-refractivity contribution < 1.29 is 22.7 Å². The van der Waals surface area contributed by atoms with E-state index in [0.29, 0.717) is 13.0 Å². The topological polar surface area (TPSA) is 38.3 Å². The van der Waals surface area contributed by atoms with Crippen molar-refractivity contribution in [1.29, 1.82) is 0 Å². The summed E-state index contributed by atoms with van der Waals surface area (Å²) in [6, 6.07) is 9.09. The third kappa shape index (κ3) is 5.66. The minimum atomic E-state index is -4.57. The summed E-state index contributed by atoms with van der Waals surface area (Å²) < 4.78 is 44.1. The Bertz CT molecular complexity index is 791. The van der Waals surface area contributed by atoms with Crippen LogP contribution in [0.5, 0.6) is 5.75 Å². The number of rotatable bonds is 6. The number of carbonyl (C=O) groups excluding carboxylic acids is 1. The summed E-state index contributed by atoms with van der Waals surface area (Å²) in [4.78, 5) is 11.9. The van der Waals surface area contributed by atoms with Gasteiger partial charge in [0.1, 0.15) is 5.75 Å². The summed E-state index contributed by atoms with van der Waals surface area (Å²) in [6.07, 6.45) is -3.99. The molecular weight excluding hydrogens is 367 g/mol. The molecule has 0 aliphatic heterocycles. The van der Waals surface area contributed by atoms with Gasteiger partial charge in [0.25, 0.3) is 0 Å². The van der Waals surface area contributed by atoms with Crippen molar-refractivity contribution in [3.8, 4) is 5.75 Å². The number of halogens is 4. The van der Waals surface area contributed by atoms with Gasteiger partial charge in [-0.25, -0.2) is 0 Å². The number of carbonyl (C=O) groups is 1. The number of hydrogen-bond donors (Lipinski definition) is 1. The first-order chi connectivity index (χ1) is 12.2. The maximum absolute atomic E-state index is 12.8. The molecule has 0 radical (unpaired) electrons. The molecule has 1 N–H and O–H groups in total. The molecule has 2 rings (SSSR count). The number of hydrogen-bond acceptors (Lipinski definition) is 2. The highest BCUT2D eigenvalue weighted by molar-refractivity contribution is 6.31. The van der Waals surface area contributed by atoms with E-state index in [9.17, 15) is 18.0 Å². The molecule has 0 spiro atoms. The summed E-state index contributed by atoms with van der Waals surface area (Å²) in [5.41, 5.74) is 1.22. The Labute approximate surface area is 155 Å². The van der Waals surface area contributed by atoms with Crippen molar-refractivity contribution in [3.63, 3.8) is 0 Å². The van der Waals surface area contributed by atoms with Crippen molar-refractivity contribution in [3.05, 3.63) is 58.1 Å². The second-order valence-corrected chi connectivity index (χ2v) is 6.37. The van der Waals surface area contributed by atoms with Crippen LogP contribution in [0.1, 0.15) is 29.5 Å². The minimum absolute atomic E-state index is 0.0574. The average molecular weight is 386 g/mol. The Morgan fingerprint density at radius 1 is 1.15 bits per heavy atom. The van der Waals surface area contributed by atoms with Crippen molar-refractivity contribution in [2.45, 2.75) is 32.9 Å². The van der Waals surface area contributed by atoms with Gasteiger partial charge in [0.05, 0.1) is 17.2 Å². The standard InChI is InChI=1S/C19H19ClF3NO2/c1-12-5-8-17(13(2)10-12)26-9-3-4-18(25)24-14-6-7-16(20)15(11-14)19(21,22)23/h5-8,10-11H,3-4,9H2,1-2H3,(H,24,25). The van der Waals surface area contributed by atoms with Crippen LogP contribution in [-0.4, -0.2) is 12.5 Å². The number of nitrogens with one attached hydrogen (secondary N) is 1. The zero-order valence-corrected chi connectivity index (χ0v) is 15.2. The number of benzene rings is 2. The van der Waals surface area contributed by atoms with E-state index in [2.05, 4.69) is 5.32 Å². The van der Waals surface area contributed by atoms with Gasteiger partial charge in [0.15, 0.2) is 0 Å². The van der Waals surface area contributed by atoms with Gasteiger partial charge < -0.3 is 10.1 Å². The molecule has 2 aromatic carbocycles. The van der Waals surface area contributed by atoms with Crippen molar-refractivity contribution in [1.82, 2.24) is 0 Å². The highest BCUT2D eigenvalue weighted by Gasteiger charge is 2.33. The van der Waals surface area contributed by atoms with Gasteiger partial charge in [-0.15, -0.1) is 0 Å². The molecule has 0 aliphatic rings. The Kier molecular flexibility index (Phi) is 6.53. The molecule has 0 bridgehead atoms. The number of amides is 1. The molecule has 3 nitrogen and oxygen atoms in total. The third-order valence-electron chi connectivity index (χ3n) is 3.69. The first-order valence-corrected chi connectivity index (χ1v) is 8.41. The number of ether oxygens (including phenoxy) is 1. The second-order valence-electron chi connectivity index (χ2n) is 5.96. The van der Waals surface area contributed by atoms with Gasteiger partial charge in [0.2, 0.25) is 5.91 Å². The number of aryl methyl sites for hydroxylation is 2. The van der Waals surface area contributed by atoms with Crippen LogP contribution in [0.15, 0.2) is 36.4 Å². The molecule has 7 heteroatoms. The fraction of sp³-hybridized carbons (Fsp3) is 0.316. The average Bonchev–Trinajstić information content (AvgIpc) is 2.54. The van der Waals surface area contributed by atoms with E-state index in [-0.39, 0.29) is 18.0 Å². The lowest BCUT2D eigenvalue weighted by atomic mass is 10.1. The van der Waals surface area contributed by atoms with E-state index in [0.717, 1.165) is 29.0 Å². The van der Waals surface area contributed by atoms with E-state index >= 15 is 0 Å². The van der Waals surface area contributed by atoms with Gasteiger partial charge >= 0.3 is 6.18 Å². The molecule has 26 heavy (non-hydrogen) atoms. The molecular formula is C19H19ClF3NO2. The lowest BCUT2D eigenvalue weighted by molar-refractivity contribution is -0.137. The summed E-state index contributed by atoms with van der Waals surface area (Å²) in [5.74, 6) is 0.369. The van der Waals surface area contributed by atoms with Gasteiger partial charge in [0, 0.05) is 12.1 Å². The van der Waals surface area contributed by atoms with Crippen molar-refractivity contribution in [2.75, 3.05) is 11.9 Å². The van der Waals surface area contributed by atoms with Gasteiger partial charge in [-0.3, -0.25) is 4.79 Å². The van der Waals surface area contributed by atoms with Crippen molar-refractivity contribution >= 4 is 23.2 Å². The molecule has 0 aromatic heterocycles. The summed E-state index contributed by atoms with van der Waals surface area (Å²) in [5, 5.41) is 2.04. The predicted molar refractivity (Wildman–Crippen MR) is 95.7 cm³/mol. The highest BCUT2D eigenvalue weighted by Crippen LogP contribution is 2.36. The van der Waals surface area contributed by atoms with Crippen LogP contribution in [0.4, 0.5) is 18.9 Å². The molecule has 0 fully saturated rings. The molecule has 0 unspecified atom stereocenters. The van der Waals surface area contributed by atoms with Crippen LogP contribution in [0.25, 0.3) is 0 Å². The van der Waals surface area contributed by atoms with E-state index < -0.39 is 16.8 Å². The second kappa shape index (κ2) is 8.45. The highest BCUT2D eigenvalue weighted by atomic mass is 35.5. The van der Waals surface area contributed by atoms with E-state index in [1.807, 2.05) is 32.0 Å². The van der Waals surface area contributed by atoms with Gasteiger partial charge in [-0.05, 0) is 50.1 Å². The Morgan fingerprint density at radius 2 is 1.88 bits per heavy atom. The minimum Gasteiger partial charge on any atom is -0.493 e. The zero-order chi connectivity index (χ0) is 19.3. The molecule has 0 saturated heterocycles. The van der Waals surface area contributed by atoms with Crippen LogP contribution < -0.4 is 10.1 Å². The lowest BCUT2D eigenvalue weighted by Gasteiger charge is -2.12. The van der Waals surface area contributed by atoms with Crippen LogP contribution in [0, 0.1) is 13.8 Å². The largest absolute Gasteiger partial charge is 0.493 e. The zero-order valence-electron chi connectivity index (χ0n) is 14.4. The van der Waals surface area contributed by atoms with Crippen LogP contribution in [0.2, 0.25) is 5.02 Å². The first-order valence-electron chi connectivity index (χ1n) is 8.03. The SMILES string of the molecule is Cc1ccc(OCCCC(=O)Nc2ccc(Cl)c(C(F)(F)F)c2)c(C)c1. The smallest absolute Gasteiger partial charge is 0.417 e. The predicted octanol–water partition coefficient (Wildman–Crippen LogP) is 5.77. The molecule has 2 aromatic rings. The fourth-order valence-electron chi connectivity index (χ4n) is 2.42. The third-order valence-corrected chi connectivity index (χ3v) is 4.02. The normalized spacial score (nSPS) is 11.3. The number of anilines is 1. The van der Waals surface area contributed by atoms with E-state index in [1.165, 1.54) is 6.07 Å². The monoisotopic (exact) mass is 385 g/mol. The van der Waals surface area contributed by atoms with Crippen LogP contribution in [0.3, 0.4) is 0 Å². The van der Waals surface area contributed by atoms with Gasteiger partial charge in [-0.2, -0.15) is 13.2 Å². The van der Waals surface area contributed by atoms with Crippen molar-refractivity contribution in [2.24, 2.45) is 0 Å². The molecule has 0 heterocycles. The van der Waals surface area contributed by atoms with E-state index in [1.54, 1.807) is 0 Å². The lowest BCUT2D eigenvalue weighted by Crippen LogP contribution is -2.14. The fourth-order valence-corrected chi connectivity index (χ4v) is 2.64. The quantitative estimate of drug-likeness (QED) is 0.641. The molecule has 0 aliphatic carbocycles. The van der Waals surface area contributed by atoms with Gasteiger partial charge in [-0.1, -0.05) is 29.3 Å². The van der Waals surface area contributed by atoms with Crippen LogP contribution >= 0.6 is 11.6 Å². The summed E-state index contributed by atoms with van der Waals surface area (Å²) >= 11 is 5.55.